The summed E-state index contributed by atoms with van der Waals surface area (Å²) in [7, 11) is -3.48. The number of aromatic nitrogens is 1. The summed E-state index contributed by atoms with van der Waals surface area (Å²) in [5, 5.41) is 8.28. The summed E-state index contributed by atoms with van der Waals surface area (Å²) < 4.78 is 31.8. The average molecular weight is 318 g/mol. The van der Waals surface area contributed by atoms with E-state index in [1.54, 1.807) is 0 Å². The molecule has 110 valence electrons. The van der Waals surface area contributed by atoms with Gasteiger partial charge in [-0.3, -0.25) is 4.72 Å². The van der Waals surface area contributed by atoms with E-state index in [4.69, 9.17) is 9.84 Å². The molecule has 0 bridgehead atoms. The van der Waals surface area contributed by atoms with Crippen molar-refractivity contribution in [1.29, 1.82) is 0 Å². The Kier molecular flexibility index (Phi) is 4.73. The zero-order valence-electron chi connectivity index (χ0n) is 10.5. The van der Waals surface area contributed by atoms with Gasteiger partial charge in [0.2, 0.25) is 10.0 Å². The largest absolute Gasteiger partial charge is 0.478 e. The van der Waals surface area contributed by atoms with Crippen LogP contribution >= 0.6 is 11.3 Å². The van der Waals surface area contributed by atoms with Crippen LogP contribution in [0.15, 0.2) is 12.3 Å². The van der Waals surface area contributed by atoms with Crippen molar-refractivity contribution < 1.29 is 23.1 Å². The van der Waals surface area contributed by atoms with Gasteiger partial charge in [0.25, 0.3) is 0 Å². The van der Waals surface area contributed by atoms with Gasteiger partial charge in [-0.15, -0.1) is 0 Å². The number of nitrogens with one attached hydrogen (secondary N) is 1. The standard InChI is InChI=1S/C11H14N2O5S2/c14-10(15)2-1-8-7-12-11(19-8)13-20(16,17)9-3-5-18-6-4-9/h1-2,7,9H,3-6H2,(H,12,13)(H,14,15). The van der Waals surface area contributed by atoms with E-state index in [0.29, 0.717) is 30.9 Å². The zero-order chi connectivity index (χ0) is 14.6. The lowest BCUT2D eigenvalue weighted by Gasteiger charge is -2.21. The predicted octanol–water partition coefficient (Wildman–Crippen LogP) is 1.16. The van der Waals surface area contributed by atoms with Crippen molar-refractivity contribution in [2.45, 2.75) is 18.1 Å². The molecular weight excluding hydrogens is 304 g/mol. The minimum Gasteiger partial charge on any atom is -0.478 e. The van der Waals surface area contributed by atoms with Crippen LogP contribution in [-0.4, -0.2) is 42.9 Å². The third-order valence-electron chi connectivity index (χ3n) is 2.75. The van der Waals surface area contributed by atoms with E-state index >= 15 is 0 Å². The molecule has 0 atom stereocenters. The first-order chi connectivity index (χ1) is 9.47. The first-order valence-electron chi connectivity index (χ1n) is 5.93. The Balaban J connectivity index is 2.04. The van der Waals surface area contributed by atoms with Crippen LogP contribution in [0.5, 0.6) is 0 Å². The van der Waals surface area contributed by atoms with Gasteiger partial charge in [-0.1, -0.05) is 11.3 Å². The number of carboxylic acid groups (broad SMARTS) is 1. The summed E-state index contributed by atoms with van der Waals surface area (Å²) in [6, 6.07) is 0. The van der Waals surface area contributed by atoms with Crippen molar-refractivity contribution in [3.05, 3.63) is 17.2 Å². The number of anilines is 1. The molecule has 0 aromatic carbocycles. The molecule has 2 N–H and O–H groups in total. The van der Waals surface area contributed by atoms with Gasteiger partial charge in [0.15, 0.2) is 5.13 Å². The van der Waals surface area contributed by atoms with Gasteiger partial charge in [0.1, 0.15) is 0 Å². The second kappa shape index (κ2) is 6.33. The molecule has 7 nitrogen and oxygen atoms in total. The molecule has 0 unspecified atom stereocenters. The normalized spacial score (nSPS) is 17.4. The molecule has 0 saturated carbocycles. The first-order valence-corrected chi connectivity index (χ1v) is 8.30. The van der Waals surface area contributed by atoms with Crippen molar-refractivity contribution in [2.75, 3.05) is 17.9 Å². The van der Waals surface area contributed by atoms with Crippen LogP contribution in [0.1, 0.15) is 17.7 Å². The third-order valence-corrected chi connectivity index (χ3v) is 5.58. The molecule has 0 radical (unpaired) electrons. The average Bonchev–Trinajstić information content (AvgIpc) is 2.84. The SMILES string of the molecule is O=C(O)C=Cc1cnc(NS(=O)(=O)C2CCOCC2)s1. The maximum absolute atomic E-state index is 12.1. The fourth-order valence-corrected chi connectivity index (χ4v) is 4.12. The number of carbonyl (C=O) groups is 1. The van der Waals surface area contributed by atoms with Gasteiger partial charge in [-0.25, -0.2) is 18.2 Å². The van der Waals surface area contributed by atoms with Crippen LogP contribution in [0.25, 0.3) is 6.08 Å². The Morgan fingerprint density at radius 1 is 1.50 bits per heavy atom. The number of nitrogens with zero attached hydrogens (tertiary/aromatic N) is 1. The van der Waals surface area contributed by atoms with E-state index < -0.39 is 21.2 Å². The summed E-state index contributed by atoms with van der Waals surface area (Å²) in [5.41, 5.74) is 0. The van der Waals surface area contributed by atoms with Crippen molar-refractivity contribution >= 4 is 38.5 Å². The number of rotatable bonds is 5. The molecule has 9 heteroatoms. The van der Waals surface area contributed by atoms with E-state index in [-0.39, 0.29) is 5.13 Å². The number of ether oxygens (including phenoxy) is 1. The molecule has 1 aromatic heterocycles. The highest BCUT2D eigenvalue weighted by Crippen LogP contribution is 2.23. The molecule has 2 rings (SSSR count). The Morgan fingerprint density at radius 2 is 2.20 bits per heavy atom. The number of hydrogen-bond acceptors (Lipinski definition) is 6. The third kappa shape index (κ3) is 4.02. The Hall–Kier alpha value is -1.45. The van der Waals surface area contributed by atoms with E-state index in [2.05, 4.69) is 9.71 Å². The fraction of sp³-hybridized carbons (Fsp3) is 0.455. The van der Waals surface area contributed by atoms with E-state index in [0.717, 1.165) is 17.4 Å². The topological polar surface area (TPSA) is 106 Å². The number of thiazole rings is 1. The molecule has 2 heterocycles. The number of hydrogen-bond donors (Lipinski definition) is 2. The van der Waals surface area contributed by atoms with Gasteiger partial charge >= 0.3 is 5.97 Å². The van der Waals surface area contributed by atoms with E-state index in [9.17, 15) is 13.2 Å². The van der Waals surface area contributed by atoms with Gasteiger partial charge < -0.3 is 9.84 Å². The van der Waals surface area contributed by atoms with Crippen LogP contribution in [0, 0.1) is 0 Å². The maximum atomic E-state index is 12.1. The molecule has 0 amide bonds. The summed E-state index contributed by atoms with van der Waals surface area (Å²) in [6.45, 7) is 0.881. The van der Waals surface area contributed by atoms with Crippen molar-refractivity contribution in [1.82, 2.24) is 4.98 Å². The van der Waals surface area contributed by atoms with E-state index in [1.165, 1.54) is 12.3 Å². The molecule has 1 saturated heterocycles. The highest BCUT2D eigenvalue weighted by molar-refractivity contribution is 7.93. The van der Waals surface area contributed by atoms with Crippen LogP contribution < -0.4 is 4.72 Å². The quantitative estimate of drug-likeness (QED) is 0.789. The summed E-state index contributed by atoms with van der Waals surface area (Å²) in [6.07, 6.45) is 4.70. The van der Waals surface area contributed by atoms with Gasteiger partial charge in [-0.05, 0) is 18.9 Å². The zero-order valence-corrected chi connectivity index (χ0v) is 12.1. The first kappa shape index (κ1) is 14.9. The molecule has 1 aromatic rings. The molecule has 1 aliphatic heterocycles. The number of aliphatic carboxylic acids is 1. The molecule has 20 heavy (non-hydrogen) atoms. The van der Waals surface area contributed by atoms with Crippen molar-refractivity contribution in [2.24, 2.45) is 0 Å². The second-order valence-electron chi connectivity index (χ2n) is 4.20. The number of carboxylic acids is 1. The fourth-order valence-electron chi connectivity index (χ4n) is 1.76. The maximum Gasteiger partial charge on any atom is 0.328 e. The van der Waals surface area contributed by atoms with Gasteiger partial charge in [0, 0.05) is 30.4 Å². The highest BCUT2D eigenvalue weighted by atomic mass is 32.2. The Bertz CT molecular complexity index is 602. The molecule has 0 aliphatic carbocycles. The van der Waals surface area contributed by atoms with Crippen LogP contribution in [0.3, 0.4) is 0 Å². The van der Waals surface area contributed by atoms with Crippen molar-refractivity contribution in [3.8, 4) is 0 Å². The lowest BCUT2D eigenvalue weighted by atomic mass is 10.2. The smallest absolute Gasteiger partial charge is 0.328 e. The molecular formula is C11H14N2O5S2. The van der Waals surface area contributed by atoms with Crippen molar-refractivity contribution in [3.63, 3.8) is 0 Å². The Labute approximate surface area is 120 Å². The van der Waals surface area contributed by atoms with Gasteiger partial charge in [0.05, 0.1) is 5.25 Å². The molecule has 1 fully saturated rings. The monoisotopic (exact) mass is 318 g/mol. The summed E-state index contributed by atoms with van der Waals surface area (Å²) in [4.78, 5) is 14.9. The lowest BCUT2D eigenvalue weighted by molar-refractivity contribution is -0.131. The number of sulfonamides is 1. The van der Waals surface area contributed by atoms with Gasteiger partial charge in [-0.2, -0.15) is 0 Å². The van der Waals surface area contributed by atoms with Crippen LogP contribution in [-0.2, 0) is 19.6 Å². The van der Waals surface area contributed by atoms with Crippen LogP contribution in [0.4, 0.5) is 5.13 Å². The van der Waals surface area contributed by atoms with E-state index in [1.807, 2.05) is 0 Å². The minimum absolute atomic E-state index is 0.238. The second-order valence-corrected chi connectivity index (χ2v) is 7.22. The predicted molar refractivity (Wildman–Crippen MR) is 75.2 cm³/mol. The summed E-state index contributed by atoms with van der Waals surface area (Å²) in [5.74, 6) is -1.07. The summed E-state index contributed by atoms with van der Waals surface area (Å²) >= 11 is 1.08. The van der Waals surface area contributed by atoms with Crippen LogP contribution in [0.2, 0.25) is 0 Å². The highest BCUT2D eigenvalue weighted by Gasteiger charge is 2.28. The minimum atomic E-state index is -3.48. The lowest BCUT2D eigenvalue weighted by Crippen LogP contribution is -2.33. The Morgan fingerprint density at radius 3 is 2.85 bits per heavy atom. The molecule has 0 spiro atoms. The molecule has 1 aliphatic rings.